The summed E-state index contributed by atoms with van der Waals surface area (Å²) in [4.78, 5) is 18.5. The summed E-state index contributed by atoms with van der Waals surface area (Å²) in [6, 6.07) is 20.0. The number of rotatable bonds is 8. The van der Waals surface area contributed by atoms with Crippen LogP contribution in [0.5, 0.6) is 17.2 Å². The molecule has 41 heavy (non-hydrogen) atoms. The van der Waals surface area contributed by atoms with Crippen molar-refractivity contribution in [3.8, 4) is 17.2 Å². The molecule has 218 valence electrons. The number of benzene rings is 3. The zero-order valence-electron chi connectivity index (χ0n) is 23.9. The molecule has 2 unspecified atom stereocenters. The van der Waals surface area contributed by atoms with Crippen LogP contribution in [0.3, 0.4) is 0 Å². The number of sulfonamides is 1. The molecule has 0 saturated carbocycles. The molecule has 2 atom stereocenters. The Balaban J connectivity index is 1.43. The third-order valence-electron chi connectivity index (χ3n) is 8.18. The van der Waals surface area contributed by atoms with Crippen molar-refractivity contribution in [1.82, 2.24) is 9.21 Å². The van der Waals surface area contributed by atoms with E-state index in [1.165, 1.54) is 34.8 Å². The number of carbonyl (C=O) groups excluding carboxylic acids is 1. The molecule has 3 aromatic carbocycles. The van der Waals surface area contributed by atoms with E-state index in [-0.39, 0.29) is 23.9 Å². The van der Waals surface area contributed by atoms with Crippen LogP contribution in [0.25, 0.3) is 0 Å². The molecule has 2 fully saturated rings. The number of hydrogen-bond donors (Lipinski definition) is 0. The van der Waals surface area contributed by atoms with Crippen LogP contribution in [0.1, 0.15) is 17.0 Å². The van der Waals surface area contributed by atoms with Gasteiger partial charge < -0.3 is 24.0 Å². The van der Waals surface area contributed by atoms with Crippen molar-refractivity contribution < 1.29 is 27.4 Å². The highest BCUT2D eigenvalue weighted by molar-refractivity contribution is 7.89. The molecule has 2 saturated heterocycles. The Hall–Kier alpha value is -3.76. The molecular weight excluding hydrogens is 542 g/mol. The molecule has 2 aliphatic rings. The van der Waals surface area contributed by atoms with Gasteiger partial charge in [0.25, 0.3) is 0 Å². The van der Waals surface area contributed by atoms with Crippen LogP contribution in [0, 0.1) is 12.8 Å². The van der Waals surface area contributed by atoms with Gasteiger partial charge in [0.1, 0.15) is 17.2 Å². The van der Waals surface area contributed by atoms with Gasteiger partial charge in [-0.15, -0.1) is 0 Å². The highest BCUT2D eigenvalue weighted by Gasteiger charge is 2.46. The van der Waals surface area contributed by atoms with Gasteiger partial charge in [0.2, 0.25) is 15.9 Å². The number of ether oxygens (including phenoxy) is 3. The summed E-state index contributed by atoms with van der Waals surface area (Å²) in [6.45, 7) is 4.88. The third-order valence-corrected chi connectivity index (χ3v) is 10.0. The standard InChI is InChI=1S/C31H37N3O6S/c1-22-7-5-6-8-29(22)32-15-17-33(18-16-32)31(35)28-21-34(41(36,37)25-12-9-23(38-2)10-13-25)20-27(28)26-19-24(39-3)11-14-30(26)40-4/h5-14,19,27-28H,15-18,20-21H2,1-4H3. The van der Waals surface area contributed by atoms with Gasteiger partial charge in [-0.3, -0.25) is 4.79 Å². The summed E-state index contributed by atoms with van der Waals surface area (Å²) in [5.41, 5.74) is 3.14. The second kappa shape index (κ2) is 12.0. The highest BCUT2D eigenvalue weighted by atomic mass is 32.2. The van der Waals surface area contributed by atoms with Crippen molar-refractivity contribution in [1.29, 1.82) is 0 Å². The zero-order valence-corrected chi connectivity index (χ0v) is 24.8. The third kappa shape index (κ3) is 5.71. The average Bonchev–Trinajstić information content (AvgIpc) is 3.47. The van der Waals surface area contributed by atoms with Crippen molar-refractivity contribution in [2.45, 2.75) is 17.7 Å². The lowest BCUT2D eigenvalue weighted by Crippen LogP contribution is -2.51. The maximum Gasteiger partial charge on any atom is 0.243 e. The Kier molecular flexibility index (Phi) is 8.42. The molecule has 2 aliphatic heterocycles. The number of aryl methyl sites for hydroxylation is 1. The molecule has 1 amide bonds. The van der Waals surface area contributed by atoms with Gasteiger partial charge in [0, 0.05) is 56.4 Å². The number of anilines is 1. The second-order valence-electron chi connectivity index (χ2n) is 10.4. The molecule has 9 nitrogen and oxygen atoms in total. The SMILES string of the molecule is COc1ccc(S(=O)(=O)N2CC(C(=O)N3CCN(c4ccccc4C)CC3)C(c3cc(OC)ccc3OC)C2)cc1. The monoisotopic (exact) mass is 579 g/mol. The minimum absolute atomic E-state index is 0.0447. The Morgan fingerprint density at radius 1 is 0.805 bits per heavy atom. The number of piperazine rings is 1. The van der Waals surface area contributed by atoms with E-state index < -0.39 is 21.9 Å². The first-order valence-corrected chi connectivity index (χ1v) is 15.2. The Morgan fingerprint density at radius 2 is 1.46 bits per heavy atom. The molecule has 2 heterocycles. The van der Waals surface area contributed by atoms with Gasteiger partial charge in [-0.25, -0.2) is 8.42 Å². The van der Waals surface area contributed by atoms with E-state index in [9.17, 15) is 13.2 Å². The topological polar surface area (TPSA) is 88.6 Å². The fourth-order valence-corrected chi connectivity index (χ4v) is 7.37. The number of amides is 1. The molecule has 0 bridgehead atoms. The van der Waals surface area contributed by atoms with Gasteiger partial charge >= 0.3 is 0 Å². The highest BCUT2D eigenvalue weighted by Crippen LogP contribution is 2.42. The summed E-state index contributed by atoms with van der Waals surface area (Å²) in [6.07, 6.45) is 0. The summed E-state index contributed by atoms with van der Waals surface area (Å²) in [7, 11) is 0.833. The minimum Gasteiger partial charge on any atom is -0.497 e. The lowest BCUT2D eigenvalue weighted by Gasteiger charge is -2.38. The quantitative estimate of drug-likeness (QED) is 0.402. The number of para-hydroxylation sites is 1. The molecule has 10 heteroatoms. The van der Waals surface area contributed by atoms with Crippen molar-refractivity contribution in [2.75, 3.05) is 65.5 Å². The number of methoxy groups -OCH3 is 3. The van der Waals surface area contributed by atoms with Crippen LogP contribution >= 0.6 is 0 Å². The predicted molar refractivity (Wildman–Crippen MR) is 158 cm³/mol. The fourth-order valence-electron chi connectivity index (χ4n) is 5.88. The Labute approximate surface area is 242 Å². The van der Waals surface area contributed by atoms with Crippen LogP contribution in [0.2, 0.25) is 0 Å². The first kappa shape index (κ1) is 28.8. The molecule has 0 aliphatic carbocycles. The van der Waals surface area contributed by atoms with E-state index in [0.717, 1.165) is 5.56 Å². The van der Waals surface area contributed by atoms with Crippen molar-refractivity contribution in [3.05, 3.63) is 77.9 Å². The Morgan fingerprint density at radius 3 is 2.10 bits per heavy atom. The second-order valence-corrected chi connectivity index (χ2v) is 12.4. The van der Waals surface area contributed by atoms with Gasteiger partial charge in [-0.1, -0.05) is 18.2 Å². The number of hydrogen-bond acceptors (Lipinski definition) is 7. The molecule has 0 spiro atoms. The molecule has 0 N–H and O–H groups in total. The van der Waals surface area contributed by atoms with Gasteiger partial charge in [0.15, 0.2) is 0 Å². The van der Waals surface area contributed by atoms with Gasteiger partial charge in [-0.05, 0) is 61.0 Å². The molecule has 3 aromatic rings. The lowest BCUT2D eigenvalue weighted by molar-refractivity contribution is -0.135. The van der Waals surface area contributed by atoms with E-state index in [0.29, 0.717) is 43.4 Å². The lowest BCUT2D eigenvalue weighted by atomic mass is 9.87. The smallest absolute Gasteiger partial charge is 0.243 e. The predicted octanol–water partition coefficient (Wildman–Crippen LogP) is 3.77. The van der Waals surface area contributed by atoms with Crippen LogP contribution < -0.4 is 19.1 Å². The number of carbonyl (C=O) groups is 1. The minimum atomic E-state index is -3.86. The Bertz CT molecular complexity index is 1490. The average molecular weight is 580 g/mol. The summed E-state index contributed by atoms with van der Waals surface area (Å²) < 4.78 is 45.3. The largest absolute Gasteiger partial charge is 0.497 e. The van der Waals surface area contributed by atoms with E-state index >= 15 is 0 Å². The van der Waals surface area contributed by atoms with Crippen LogP contribution in [0.15, 0.2) is 71.6 Å². The van der Waals surface area contributed by atoms with Crippen LogP contribution in [-0.4, -0.2) is 84.1 Å². The van der Waals surface area contributed by atoms with Gasteiger partial charge in [-0.2, -0.15) is 4.31 Å². The van der Waals surface area contributed by atoms with Crippen molar-refractivity contribution >= 4 is 21.6 Å². The van der Waals surface area contributed by atoms with E-state index in [2.05, 4.69) is 24.0 Å². The maximum atomic E-state index is 14.1. The van der Waals surface area contributed by atoms with E-state index in [1.807, 2.05) is 23.1 Å². The maximum absolute atomic E-state index is 14.1. The summed E-state index contributed by atoms with van der Waals surface area (Å²) in [5.74, 6) is 0.764. The molecule has 0 aromatic heterocycles. The first-order valence-electron chi connectivity index (χ1n) is 13.7. The first-order chi connectivity index (χ1) is 19.8. The van der Waals surface area contributed by atoms with E-state index in [1.54, 1.807) is 38.5 Å². The van der Waals surface area contributed by atoms with Crippen molar-refractivity contribution in [3.63, 3.8) is 0 Å². The molecule has 5 rings (SSSR count). The zero-order chi connectivity index (χ0) is 29.1. The van der Waals surface area contributed by atoms with Crippen LogP contribution in [-0.2, 0) is 14.8 Å². The van der Waals surface area contributed by atoms with Crippen LogP contribution in [0.4, 0.5) is 5.69 Å². The fraction of sp³-hybridized carbons (Fsp3) is 0.387. The molecule has 0 radical (unpaired) electrons. The van der Waals surface area contributed by atoms with Gasteiger partial charge in [0.05, 0.1) is 32.1 Å². The summed E-state index contributed by atoms with van der Waals surface area (Å²) in [5, 5.41) is 0. The van der Waals surface area contributed by atoms with Crippen molar-refractivity contribution in [2.24, 2.45) is 5.92 Å². The molecular formula is C31H37N3O6S. The normalized spacial score (nSPS) is 19.7. The van der Waals surface area contributed by atoms with E-state index in [4.69, 9.17) is 14.2 Å². The number of nitrogens with zero attached hydrogens (tertiary/aromatic N) is 3. The summed E-state index contributed by atoms with van der Waals surface area (Å²) >= 11 is 0.